The summed E-state index contributed by atoms with van der Waals surface area (Å²) in [5.74, 6) is -0.853. The van der Waals surface area contributed by atoms with E-state index >= 15 is 0 Å². The summed E-state index contributed by atoms with van der Waals surface area (Å²) in [6, 6.07) is 0. The fourth-order valence-corrected chi connectivity index (χ4v) is 0.693. The van der Waals surface area contributed by atoms with Crippen LogP contribution in [0, 0.1) is 5.41 Å². The van der Waals surface area contributed by atoms with Crippen LogP contribution in [0.15, 0.2) is 0 Å². The van der Waals surface area contributed by atoms with E-state index in [2.05, 4.69) is 0 Å². The number of aliphatic hydroxyl groups excluding tert-OH is 1. The molecule has 0 saturated carbocycles. The lowest BCUT2D eigenvalue weighted by Crippen LogP contribution is -2.26. The molecular formula is C8H16O3. The molecule has 0 heterocycles. The van der Waals surface area contributed by atoms with Gasteiger partial charge in [-0.1, -0.05) is 20.8 Å². The van der Waals surface area contributed by atoms with Gasteiger partial charge in [0.15, 0.2) is 0 Å². The first kappa shape index (κ1) is 10.4. The molecule has 0 aromatic heterocycles. The predicted molar refractivity (Wildman–Crippen MR) is 42.3 cm³/mol. The molecule has 0 aliphatic heterocycles. The molecule has 0 amide bonds. The molecule has 0 saturated heterocycles. The molecule has 3 nitrogen and oxygen atoms in total. The molecule has 0 spiro atoms. The van der Waals surface area contributed by atoms with Crippen LogP contribution in [0.25, 0.3) is 0 Å². The third-order valence-corrected chi connectivity index (χ3v) is 1.63. The average Bonchev–Trinajstić information content (AvgIpc) is 1.80. The maximum Gasteiger partial charge on any atom is 0.303 e. The van der Waals surface area contributed by atoms with Gasteiger partial charge in [-0.25, -0.2) is 0 Å². The highest BCUT2D eigenvalue weighted by Gasteiger charge is 2.22. The molecule has 0 aromatic rings. The molecule has 1 unspecified atom stereocenters. The van der Waals surface area contributed by atoms with Gasteiger partial charge in [-0.2, -0.15) is 0 Å². The Bertz CT molecular complexity index is 135. The Hall–Kier alpha value is -0.570. The van der Waals surface area contributed by atoms with Crippen LogP contribution in [-0.2, 0) is 4.79 Å². The van der Waals surface area contributed by atoms with Crippen LogP contribution in [0.2, 0.25) is 0 Å². The molecule has 1 atom stereocenters. The molecule has 11 heavy (non-hydrogen) atoms. The smallest absolute Gasteiger partial charge is 0.303 e. The molecule has 0 rings (SSSR count). The predicted octanol–water partition coefficient (Wildman–Crippen LogP) is 1.26. The van der Waals surface area contributed by atoms with Crippen LogP contribution in [-0.4, -0.2) is 22.3 Å². The maximum atomic E-state index is 10.1. The Morgan fingerprint density at radius 1 is 1.45 bits per heavy atom. The number of carbonyl (C=O) groups is 1. The van der Waals surface area contributed by atoms with Gasteiger partial charge in [0.25, 0.3) is 0 Å². The van der Waals surface area contributed by atoms with Crippen LogP contribution in [0.1, 0.15) is 33.6 Å². The molecule has 2 N–H and O–H groups in total. The van der Waals surface area contributed by atoms with E-state index in [0.29, 0.717) is 6.42 Å². The van der Waals surface area contributed by atoms with E-state index in [-0.39, 0.29) is 11.8 Å². The van der Waals surface area contributed by atoms with Crippen molar-refractivity contribution in [2.75, 3.05) is 0 Å². The molecule has 0 fully saturated rings. The molecule has 0 bridgehead atoms. The van der Waals surface area contributed by atoms with Crippen LogP contribution in [0.4, 0.5) is 0 Å². The summed E-state index contributed by atoms with van der Waals surface area (Å²) in [6.45, 7) is 5.67. The highest BCUT2D eigenvalue weighted by Crippen LogP contribution is 2.22. The van der Waals surface area contributed by atoms with Crippen LogP contribution >= 0.6 is 0 Å². The van der Waals surface area contributed by atoms with Gasteiger partial charge in [-0.3, -0.25) is 4.79 Å². The van der Waals surface area contributed by atoms with E-state index in [1.807, 2.05) is 20.8 Å². The van der Waals surface area contributed by atoms with Crippen molar-refractivity contribution in [1.82, 2.24) is 0 Å². The molecular weight excluding hydrogens is 144 g/mol. The van der Waals surface area contributed by atoms with Crippen molar-refractivity contribution in [2.24, 2.45) is 5.41 Å². The van der Waals surface area contributed by atoms with E-state index < -0.39 is 12.1 Å². The van der Waals surface area contributed by atoms with Crippen molar-refractivity contribution in [3.63, 3.8) is 0 Å². The fourth-order valence-electron chi connectivity index (χ4n) is 0.693. The van der Waals surface area contributed by atoms with Gasteiger partial charge in [-0.15, -0.1) is 0 Å². The lowest BCUT2D eigenvalue weighted by Gasteiger charge is -2.24. The summed E-state index contributed by atoms with van der Waals surface area (Å²) < 4.78 is 0. The molecule has 3 heteroatoms. The number of hydrogen-bond donors (Lipinski definition) is 2. The summed E-state index contributed by atoms with van der Waals surface area (Å²) in [7, 11) is 0. The summed E-state index contributed by atoms with van der Waals surface area (Å²) in [4.78, 5) is 10.1. The van der Waals surface area contributed by atoms with Crippen molar-refractivity contribution >= 4 is 5.97 Å². The van der Waals surface area contributed by atoms with Gasteiger partial charge >= 0.3 is 5.97 Å². The van der Waals surface area contributed by atoms with E-state index in [1.54, 1.807) is 0 Å². The van der Waals surface area contributed by atoms with Crippen LogP contribution < -0.4 is 0 Å². The molecule has 66 valence electrons. The molecule has 0 aliphatic carbocycles. The van der Waals surface area contributed by atoms with E-state index in [4.69, 9.17) is 5.11 Å². The zero-order valence-corrected chi connectivity index (χ0v) is 7.29. The fraction of sp³-hybridized carbons (Fsp3) is 0.875. The minimum absolute atomic E-state index is 0.0401. The number of aliphatic carboxylic acids is 1. The Morgan fingerprint density at radius 3 is 2.18 bits per heavy atom. The summed E-state index contributed by atoms with van der Waals surface area (Å²) in [6.07, 6.45) is -0.157. The zero-order valence-electron chi connectivity index (χ0n) is 7.29. The van der Waals surface area contributed by atoms with Crippen molar-refractivity contribution in [3.8, 4) is 0 Å². The van der Waals surface area contributed by atoms with Gasteiger partial charge in [0.1, 0.15) is 0 Å². The lowest BCUT2D eigenvalue weighted by molar-refractivity contribution is -0.138. The summed E-state index contributed by atoms with van der Waals surface area (Å²) in [5.41, 5.74) is -0.213. The largest absolute Gasteiger partial charge is 0.481 e. The third-order valence-electron chi connectivity index (χ3n) is 1.63. The van der Waals surface area contributed by atoms with Crippen LogP contribution in [0.3, 0.4) is 0 Å². The number of carboxylic acids is 1. The Balaban J connectivity index is 3.70. The highest BCUT2D eigenvalue weighted by atomic mass is 16.4. The van der Waals surface area contributed by atoms with Gasteiger partial charge in [0, 0.05) is 6.42 Å². The second-order valence-electron chi connectivity index (χ2n) is 3.81. The highest BCUT2D eigenvalue weighted by molar-refractivity contribution is 5.66. The second kappa shape index (κ2) is 3.72. The SMILES string of the molecule is CC(C)(C)C(O)CCC(=O)O. The Morgan fingerprint density at radius 2 is 1.91 bits per heavy atom. The Kier molecular flexibility index (Phi) is 3.52. The Labute approximate surface area is 67.0 Å². The van der Waals surface area contributed by atoms with Gasteiger partial charge in [-0.05, 0) is 11.8 Å². The zero-order chi connectivity index (χ0) is 9.07. The van der Waals surface area contributed by atoms with E-state index in [1.165, 1.54) is 0 Å². The van der Waals surface area contributed by atoms with Crippen molar-refractivity contribution in [1.29, 1.82) is 0 Å². The quantitative estimate of drug-likeness (QED) is 0.653. The van der Waals surface area contributed by atoms with Crippen molar-refractivity contribution in [3.05, 3.63) is 0 Å². The standard InChI is InChI=1S/C8H16O3/c1-8(2,3)6(9)4-5-7(10)11/h6,9H,4-5H2,1-3H3,(H,10,11). The van der Waals surface area contributed by atoms with Gasteiger partial charge in [0.05, 0.1) is 6.10 Å². The minimum atomic E-state index is -0.853. The minimum Gasteiger partial charge on any atom is -0.481 e. The van der Waals surface area contributed by atoms with E-state index in [9.17, 15) is 9.90 Å². The summed E-state index contributed by atoms with van der Waals surface area (Å²) >= 11 is 0. The first-order valence-electron chi connectivity index (χ1n) is 3.74. The molecule has 0 radical (unpaired) electrons. The van der Waals surface area contributed by atoms with E-state index in [0.717, 1.165) is 0 Å². The number of aliphatic hydroxyl groups is 1. The number of rotatable bonds is 3. The topological polar surface area (TPSA) is 57.5 Å². The normalized spacial score (nSPS) is 14.5. The lowest BCUT2D eigenvalue weighted by atomic mass is 9.86. The molecule has 0 aliphatic rings. The van der Waals surface area contributed by atoms with Gasteiger partial charge < -0.3 is 10.2 Å². The van der Waals surface area contributed by atoms with Crippen LogP contribution in [0.5, 0.6) is 0 Å². The van der Waals surface area contributed by atoms with Crippen molar-refractivity contribution < 1.29 is 15.0 Å². The maximum absolute atomic E-state index is 10.1. The molecule has 0 aromatic carbocycles. The van der Waals surface area contributed by atoms with Crippen molar-refractivity contribution in [2.45, 2.75) is 39.7 Å². The number of hydrogen-bond acceptors (Lipinski definition) is 2. The summed E-state index contributed by atoms with van der Waals surface area (Å²) in [5, 5.41) is 17.7. The van der Waals surface area contributed by atoms with Gasteiger partial charge in [0.2, 0.25) is 0 Å². The monoisotopic (exact) mass is 160 g/mol. The average molecular weight is 160 g/mol. The first-order chi connectivity index (χ1) is 4.84. The third kappa shape index (κ3) is 4.79. The first-order valence-corrected chi connectivity index (χ1v) is 3.74. The number of carboxylic acid groups (broad SMARTS) is 1. The second-order valence-corrected chi connectivity index (χ2v) is 3.81.